The van der Waals surface area contributed by atoms with Gasteiger partial charge in [-0.3, -0.25) is 0 Å². The third kappa shape index (κ3) is 2.67. The summed E-state index contributed by atoms with van der Waals surface area (Å²) in [5.74, 6) is 1.55. The van der Waals surface area contributed by atoms with Crippen molar-refractivity contribution in [2.75, 3.05) is 13.2 Å². The highest BCUT2D eigenvalue weighted by Crippen LogP contribution is 2.27. The number of alkyl halides is 1. The van der Waals surface area contributed by atoms with Crippen molar-refractivity contribution in [3.05, 3.63) is 23.7 Å². The summed E-state index contributed by atoms with van der Waals surface area (Å²) < 4.78 is 7.64. The normalized spacial score (nSPS) is 18.6. The summed E-state index contributed by atoms with van der Waals surface area (Å²) in [5.41, 5.74) is 2.91. The quantitative estimate of drug-likeness (QED) is 0.814. The number of imidazole rings is 1. The Morgan fingerprint density at radius 2 is 2.10 bits per heavy atom. The van der Waals surface area contributed by atoms with Crippen molar-refractivity contribution in [3.63, 3.8) is 0 Å². The van der Waals surface area contributed by atoms with Gasteiger partial charge in [0.05, 0.1) is 5.38 Å². The predicted octanol–water partition coefficient (Wildman–Crippen LogP) is 3.47. The fraction of sp³-hybridized carbons (Fsp3) is 0.600. The molecule has 1 aliphatic rings. The van der Waals surface area contributed by atoms with Gasteiger partial charge in [0.1, 0.15) is 11.3 Å². The standard InChI is InChI=1S/C15H20ClN3O/c1-10-3-4-13-15(17-10)19(14(18-13)11(2)16)9-12-5-7-20-8-6-12/h3-4,11-12H,5-9H2,1-2H3. The zero-order chi connectivity index (χ0) is 14.1. The van der Waals surface area contributed by atoms with Crippen LogP contribution in [0.4, 0.5) is 0 Å². The minimum Gasteiger partial charge on any atom is -0.381 e. The molecule has 1 unspecified atom stereocenters. The molecule has 1 atom stereocenters. The van der Waals surface area contributed by atoms with E-state index >= 15 is 0 Å². The second-order valence-electron chi connectivity index (χ2n) is 5.55. The van der Waals surface area contributed by atoms with E-state index in [0.717, 1.165) is 55.3 Å². The summed E-state index contributed by atoms with van der Waals surface area (Å²) in [6, 6.07) is 4.03. The number of fused-ring (bicyclic) bond motifs is 1. The highest BCUT2D eigenvalue weighted by atomic mass is 35.5. The molecule has 3 rings (SSSR count). The Kier molecular flexibility index (Phi) is 3.94. The Labute approximate surface area is 124 Å². The average molecular weight is 294 g/mol. The predicted molar refractivity (Wildman–Crippen MR) is 80.1 cm³/mol. The van der Waals surface area contributed by atoms with Crippen LogP contribution < -0.4 is 0 Å². The van der Waals surface area contributed by atoms with E-state index in [9.17, 15) is 0 Å². The topological polar surface area (TPSA) is 39.9 Å². The Bertz CT molecular complexity index is 602. The van der Waals surface area contributed by atoms with Gasteiger partial charge in [-0.05, 0) is 44.7 Å². The van der Waals surface area contributed by atoms with Gasteiger partial charge in [0, 0.05) is 25.5 Å². The number of ether oxygens (including phenoxy) is 1. The van der Waals surface area contributed by atoms with Crippen LogP contribution in [0.15, 0.2) is 12.1 Å². The maximum absolute atomic E-state index is 6.30. The molecule has 0 aromatic carbocycles. The van der Waals surface area contributed by atoms with Gasteiger partial charge in [-0.1, -0.05) is 0 Å². The largest absolute Gasteiger partial charge is 0.381 e. The fourth-order valence-electron chi connectivity index (χ4n) is 2.78. The third-order valence-electron chi connectivity index (χ3n) is 3.90. The molecular weight excluding hydrogens is 274 g/mol. The van der Waals surface area contributed by atoms with E-state index in [4.69, 9.17) is 16.3 Å². The first-order chi connectivity index (χ1) is 9.65. The Morgan fingerprint density at radius 3 is 2.80 bits per heavy atom. The van der Waals surface area contributed by atoms with Crippen molar-refractivity contribution in [1.29, 1.82) is 0 Å². The average Bonchev–Trinajstić information content (AvgIpc) is 2.78. The Morgan fingerprint density at radius 1 is 1.35 bits per heavy atom. The zero-order valence-corrected chi connectivity index (χ0v) is 12.7. The molecule has 1 aliphatic heterocycles. The lowest BCUT2D eigenvalue weighted by atomic mass is 10.0. The second-order valence-corrected chi connectivity index (χ2v) is 6.20. The molecule has 2 aromatic heterocycles. The van der Waals surface area contributed by atoms with E-state index in [0.29, 0.717) is 5.92 Å². The molecule has 0 amide bonds. The van der Waals surface area contributed by atoms with E-state index < -0.39 is 0 Å². The highest BCUT2D eigenvalue weighted by molar-refractivity contribution is 6.20. The fourth-order valence-corrected chi connectivity index (χ4v) is 2.95. The second kappa shape index (κ2) is 5.70. The number of aromatic nitrogens is 3. The summed E-state index contributed by atoms with van der Waals surface area (Å²) in [7, 11) is 0. The first-order valence-electron chi connectivity index (χ1n) is 7.20. The molecule has 1 saturated heterocycles. The lowest BCUT2D eigenvalue weighted by Crippen LogP contribution is -2.21. The molecule has 3 heterocycles. The Balaban J connectivity index is 2.01. The highest BCUT2D eigenvalue weighted by Gasteiger charge is 2.21. The first kappa shape index (κ1) is 13.8. The van der Waals surface area contributed by atoms with Gasteiger partial charge >= 0.3 is 0 Å². The number of rotatable bonds is 3. The van der Waals surface area contributed by atoms with E-state index in [1.807, 2.05) is 26.0 Å². The number of pyridine rings is 1. The Hall–Kier alpha value is -1.13. The van der Waals surface area contributed by atoms with Gasteiger partial charge in [-0.15, -0.1) is 11.6 Å². The van der Waals surface area contributed by atoms with E-state index in [1.165, 1.54) is 0 Å². The molecule has 0 N–H and O–H groups in total. The molecule has 1 fully saturated rings. The molecule has 2 aromatic rings. The lowest BCUT2D eigenvalue weighted by molar-refractivity contribution is 0.0613. The maximum atomic E-state index is 6.30. The van der Waals surface area contributed by atoms with Gasteiger partial charge in [-0.25, -0.2) is 9.97 Å². The molecular formula is C15H20ClN3O. The van der Waals surface area contributed by atoms with Crippen LogP contribution in [0.25, 0.3) is 11.2 Å². The van der Waals surface area contributed by atoms with Crippen LogP contribution in [0, 0.1) is 12.8 Å². The molecule has 108 valence electrons. The van der Waals surface area contributed by atoms with E-state index in [1.54, 1.807) is 0 Å². The van der Waals surface area contributed by atoms with Crippen LogP contribution in [0.5, 0.6) is 0 Å². The smallest absolute Gasteiger partial charge is 0.160 e. The van der Waals surface area contributed by atoms with Crippen LogP contribution in [-0.2, 0) is 11.3 Å². The maximum Gasteiger partial charge on any atom is 0.160 e. The summed E-state index contributed by atoms with van der Waals surface area (Å²) >= 11 is 6.30. The van der Waals surface area contributed by atoms with Crippen LogP contribution in [0.2, 0.25) is 0 Å². The number of halogens is 1. The van der Waals surface area contributed by atoms with Crippen molar-refractivity contribution in [2.45, 2.75) is 38.6 Å². The molecule has 0 spiro atoms. The molecule has 5 heteroatoms. The number of nitrogens with zero attached hydrogens (tertiary/aromatic N) is 3. The van der Waals surface area contributed by atoms with Crippen LogP contribution in [0.3, 0.4) is 0 Å². The number of hydrogen-bond donors (Lipinski definition) is 0. The van der Waals surface area contributed by atoms with Gasteiger partial charge in [0.15, 0.2) is 5.65 Å². The van der Waals surface area contributed by atoms with Crippen molar-refractivity contribution in [3.8, 4) is 0 Å². The SMILES string of the molecule is Cc1ccc2nc(C(C)Cl)n(CC3CCOCC3)c2n1. The summed E-state index contributed by atoms with van der Waals surface area (Å²) in [6.07, 6.45) is 2.20. The van der Waals surface area contributed by atoms with E-state index in [-0.39, 0.29) is 5.38 Å². The first-order valence-corrected chi connectivity index (χ1v) is 7.64. The molecule has 0 saturated carbocycles. The molecule has 20 heavy (non-hydrogen) atoms. The van der Waals surface area contributed by atoms with Crippen molar-refractivity contribution < 1.29 is 4.74 Å². The molecule has 0 aliphatic carbocycles. The van der Waals surface area contributed by atoms with Crippen LogP contribution >= 0.6 is 11.6 Å². The summed E-state index contributed by atoms with van der Waals surface area (Å²) in [6.45, 7) is 6.62. The van der Waals surface area contributed by atoms with E-state index in [2.05, 4.69) is 14.5 Å². The number of aryl methyl sites for hydroxylation is 1. The molecule has 0 radical (unpaired) electrons. The van der Waals surface area contributed by atoms with Crippen molar-refractivity contribution in [2.24, 2.45) is 5.92 Å². The lowest BCUT2D eigenvalue weighted by Gasteiger charge is -2.23. The van der Waals surface area contributed by atoms with Crippen LogP contribution in [0.1, 0.15) is 36.7 Å². The van der Waals surface area contributed by atoms with Crippen molar-refractivity contribution in [1.82, 2.24) is 14.5 Å². The molecule has 0 bridgehead atoms. The minimum atomic E-state index is -0.107. The summed E-state index contributed by atoms with van der Waals surface area (Å²) in [5, 5.41) is -0.107. The monoisotopic (exact) mass is 293 g/mol. The van der Waals surface area contributed by atoms with Crippen molar-refractivity contribution >= 4 is 22.8 Å². The zero-order valence-electron chi connectivity index (χ0n) is 12.0. The number of hydrogen-bond acceptors (Lipinski definition) is 3. The van der Waals surface area contributed by atoms with Gasteiger partial charge < -0.3 is 9.30 Å². The molecule has 4 nitrogen and oxygen atoms in total. The van der Waals surface area contributed by atoms with Gasteiger partial charge in [0.2, 0.25) is 0 Å². The third-order valence-corrected chi connectivity index (χ3v) is 4.09. The van der Waals surface area contributed by atoms with Gasteiger partial charge in [-0.2, -0.15) is 0 Å². The van der Waals surface area contributed by atoms with Crippen LogP contribution in [-0.4, -0.2) is 27.7 Å². The van der Waals surface area contributed by atoms with Gasteiger partial charge in [0.25, 0.3) is 0 Å². The minimum absolute atomic E-state index is 0.107. The summed E-state index contributed by atoms with van der Waals surface area (Å²) in [4.78, 5) is 9.31.